The number of hydrogen-bond acceptors (Lipinski definition) is 3. The van der Waals surface area contributed by atoms with Gasteiger partial charge in [0.2, 0.25) is 0 Å². The normalized spacial score (nSPS) is 29.9. The average Bonchev–Trinajstić information content (AvgIpc) is 3.17. The van der Waals surface area contributed by atoms with Gasteiger partial charge in [-0.25, -0.2) is 0 Å². The summed E-state index contributed by atoms with van der Waals surface area (Å²) >= 11 is 0. The van der Waals surface area contributed by atoms with Crippen LogP contribution in [-0.4, -0.2) is 21.6 Å². The molecule has 4 bridgehead atoms. The van der Waals surface area contributed by atoms with Gasteiger partial charge in [0.05, 0.1) is 28.7 Å². The Hall–Kier alpha value is -2.82. The van der Waals surface area contributed by atoms with Crippen molar-refractivity contribution in [3.05, 3.63) is 54.2 Å². The smallest absolute Gasteiger partial charge is 0.257 e. The van der Waals surface area contributed by atoms with E-state index in [4.69, 9.17) is 0 Å². The van der Waals surface area contributed by atoms with Crippen LogP contribution < -0.4 is 10.6 Å². The zero-order valence-corrected chi connectivity index (χ0v) is 16.4. The first-order chi connectivity index (χ1) is 14.2. The van der Waals surface area contributed by atoms with E-state index in [2.05, 4.69) is 26.9 Å². The third-order valence-electron chi connectivity index (χ3n) is 7.33. The maximum atomic E-state index is 13.1. The second-order valence-corrected chi connectivity index (χ2v) is 9.46. The largest absolute Gasteiger partial charge is 0.378 e. The van der Waals surface area contributed by atoms with Gasteiger partial charge in [0.25, 0.3) is 5.91 Å². The number of carbonyl (C=O) groups is 1. The molecule has 148 valence electrons. The van der Waals surface area contributed by atoms with Gasteiger partial charge < -0.3 is 10.6 Å². The van der Waals surface area contributed by atoms with E-state index >= 15 is 0 Å². The summed E-state index contributed by atoms with van der Waals surface area (Å²) in [5.41, 5.74) is 3.49. The van der Waals surface area contributed by atoms with Crippen LogP contribution in [0.3, 0.4) is 0 Å². The summed E-state index contributed by atoms with van der Waals surface area (Å²) in [4.78, 5) is 13.1. The first-order valence-corrected chi connectivity index (χ1v) is 10.8. The lowest BCUT2D eigenvalue weighted by molar-refractivity contribution is 0.0107. The summed E-state index contributed by atoms with van der Waals surface area (Å²) in [6.45, 7) is 0. The van der Waals surface area contributed by atoms with Gasteiger partial charge in [-0.3, -0.25) is 9.89 Å². The molecular weight excluding hydrogens is 360 g/mol. The Morgan fingerprint density at radius 1 is 0.931 bits per heavy atom. The van der Waals surface area contributed by atoms with Crippen LogP contribution in [0.25, 0.3) is 10.9 Å². The van der Waals surface area contributed by atoms with Crippen LogP contribution in [0, 0.1) is 17.8 Å². The van der Waals surface area contributed by atoms with Crippen molar-refractivity contribution < 1.29 is 4.79 Å². The number of amides is 1. The van der Waals surface area contributed by atoms with Crippen molar-refractivity contribution in [1.82, 2.24) is 10.2 Å². The van der Waals surface area contributed by atoms with Gasteiger partial charge in [-0.15, -0.1) is 0 Å². The molecule has 3 N–H and O–H groups in total. The molecule has 1 heterocycles. The van der Waals surface area contributed by atoms with Crippen LogP contribution in [0.15, 0.2) is 48.7 Å². The molecule has 2 aromatic carbocycles. The number of aromatic nitrogens is 2. The third kappa shape index (κ3) is 2.91. The second-order valence-electron chi connectivity index (χ2n) is 9.46. The molecule has 1 amide bonds. The highest BCUT2D eigenvalue weighted by molar-refractivity contribution is 6.12. The number of carbonyl (C=O) groups excluding carboxylic acids is 1. The van der Waals surface area contributed by atoms with E-state index in [1.54, 1.807) is 6.20 Å². The van der Waals surface area contributed by atoms with Crippen molar-refractivity contribution in [2.75, 3.05) is 10.6 Å². The Morgan fingerprint density at radius 3 is 2.34 bits per heavy atom. The number of anilines is 2. The van der Waals surface area contributed by atoms with E-state index in [0.717, 1.165) is 40.0 Å². The van der Waals surface area contributed by atoms with Crippen molar-refractivity contribution in [3.63, 3.8) is 0 Å². The average molecular weight is 386 g/mol. The number of nitrogens with one attached hydrogen (secondary N) is 3. The standard InChI is InChI=1S/C24H26N4O/c29-23(19-5-3-4-18-14-25-28-22(18)19)26-20-6-1-2-7-21(20)27-24-11-15-8-16(12-24)10-17(9-15)13-24/h1-7,14-17,27H,8-13H2,(H,25,28)(H,26,29). The molecule has 3 aromatic rings. The van der Waals surface area contributed by atoms with Crippen LogP contribution in [0.4, 0.5) is 11.4 Å². The lowest BCUT2D eigenvalue weighted by atomic mass is 9.53. The third-order valence-corrected chi connectivity index (χ3v) is 7.33. The fraction of sp³-hybridized carbons (Fsp3) is 0.417. The second kappa shape index (κ2) is 6.34. The van der Waals surface area contributed by atoms with Gasteiger partial charge in [0.15, 0.2) is 0 Å². The minimum absolute atomic E-state index is 0.111. The van der Waals surface area contributed by atoms with Crippen LogP contribution >= 0.6 is 0 Å². The number of nitrogens with zero attached hydrogens (tertiary/aromatic N) is 1. The van der Waals surface area contributed by atoms with E-state index in [1.807, 2.05) is 36.4 Å². The van der Waals surface area contributed by atoms with Crippen LogP contribution in [0.1, 0.15) is 48.9 Å². The molecule has 5 heteroatoms. The molecule has 0 aliphatic heterocycles. The van der Waals surface area contributed by atoms with Gasteiger partial charge in [0.1, 0.15) is 0 Å². The number of benzene rings is 2. The topological polar surface area (TPSA) is 69.8 Å². The van der Waals surface area contributed by atoms with Gasteiger partial charge in [0, 0.05) is 10.9 Å². The van der Waals surface area contributed by atoms with E-state index in [1.165, 1.54) is 38.5 Å². The number of aromatic amines is 1. The van der Waals surface area contributed by atoms with Gasteiger partial charge in [-0.2, -0.15) is 5.10 Å². The monoisotopic (exact) mass is 386 g/mol. The maximum absolute atomic E-state index is 13.1. The first-order valence-electron chi connectivity index (χ1n) is 10.8. The Bertz CT molecular complexity index is 1050. The zero-order chi connectivity index (χ0) is 19.4. The maximum Gasteiger partial charge on any atom is 0.257 e. The van der Waals surface area contributed by atoms with Crippen molar-refractivity contribution in [2.45, 2.75) is 44.1 Å². The van der Waals surface area contributed by atoms with Gasteiger partial charge in [-0.1, -0.05) is 24.3 Å². The summed E-state index contributed by atoms with van der Waals surface area (Å²) < 4.78 is 0. The number of para-hydroxylation sites is 3. The number of fused-ring (bicyclic) bond motifs is 1. The Kier molecular flexibility index (Phi) is 3.73. The molecule has 0 saturated heterocycles. The fourth-order valence-corrected chi connectivity index (χ4v) is 6.60. The SMILES string of the molecule is O=C(Nc1ccccc1NC12CC3CC(CC(C3)C1)C2)c1cccc2cn[nH]c12. The summed E-state index contributed by atoms with van der Waals surface area (Å²) in [6, 6.07) is 13.8. The van der Waals surface area contributed by atoms with E-state index in [0.29, 0.717) is 5.56 Å². The lowest BCUT2D eigenvalue weighted by Crippen LogP contribution is -2.54. The fourth-order valence-electron chi connectivity index (χ4n) is 6.60. The molecule has 1 aromatic heterocycles. The summed E-state index contributed by atoms with van der Waals surface area (Å²) in [6.07, 6.45) is 9.83. The Morgan fingerprint density at radius 2 is 1.62 bits per heavy atom. The molecule has 0 radical (unpaired) electrons. The number of rotatable bonds is 4. The molecular formula is C24H26N4O. The highest BCUT2D eigenvalue weighted by Crippen LogP contribution is 2.56. The molecule has 5 nitrogen and oxygen atoms in total. The van der Waals surface area contributed by atoms with Crippen LogP contribution in [0.5, 0.6) is 0 Å². The van der Waals surface area contributed by atoms with Crippen molar-refractivity contribution in [1.29, 1.82) is 0 Å². The highest BCUT2D eigenvalue weighted by Gasteiger charge is 2.51. The summed E-state index contributed by atoms with van der Waals surface area (Å²) in [7, 11) is 0. The summed E-state index contributed by atoms with van der Waals surface area (Å²) in [5, 5.41) is 15.0. The van der Waals surface area contributed by atoms with Gasteiger partial charge >= 0.3 is 0 Å². The van der Waals surface area contributed by atoms with E-state index in [9.17, 15) is 4.79 Å². The quantitative estimate of drug-likeness (QED) is 0.577. The van der Waals surface area contributed by atoms with Crippen molar-refractivity contribution in [2.24, 2.45) is 17.8 Å². The number of hydrogen-bond donors (Lipinski definition) is 3. The lowest BCUT2D eigenvalue weighted by Gasteiger charge is -2.57. The Balaban J connectivity index is 1.28. The first kappa shape index (κ1) is 17.1. The molecule has 4 aliphatic rings. The molecule has 4 fully saturated rings. The van der Waals surface area contributed by atoms with Crippen molar-refractivity contribution >= 4 is 28.2 Å². The molecule has 4 saturated carbocycles. The van der Waals surface area contributed by atoms with Gasteiger partial charge in [-0.05, 0) is 74.5 Å². The molecule has 0 spiro atoms. The minimum atomic E-state index is -0.111. The van der Waals surface area contributed by atoms with E-state index < -0.39 is 0 Å². The minimum Gasteiger partial charge on any atom is -0.378 e. The summed E-state index contributed by atoms with van der Waals surface area (Å²) in [5.74, 6) is 2.54. The highest BCUT2D eigenvalue weighted by atomic mass is 16.1. The predicted octanol–water partition coefficient (Wildman–Crippen LogP) is 5.20. The Labute approximate surface area is 170 Å². The van der Waals surface area contributed by atoms with Crippen molar-refractivity contribution in [3.8, 4) is 0 Å². The predicted molar refractivity (Wildman–Crippen MR) is 115 cm³/mol. The molecule has 0 atom stereocenters. The number of H-pyrrole nitrogens is 1. The molecule has 4 aliphatic carbocycles. The molecule has 29 heavy (non-hydrogen) atoms. The molecule has 0 unspecified atom stereocenters. The molecule has 7 rings (SSSR count). The van der Waals surface area contributed by atoms with E-state index in [-0.39, 0.29) is 11.4 Å². The van der Waals surface area contributed by atoms with Crippen LogP contribution in [0.2, 0.25) is 0 Å². The zero-order valence-electron chi connectivity index (χ0n) is 16.4. The van der Waals surface area contributed by atoms with Crippen LogP contribution in [-0.2, 0) is 0 Å².